The number of nitrogens with zero attached hydrogens (tertiary/aromatic N) is 1. The third-order valence-corrected chi connectivity index (χ3v) is 7.66. The molecule has 2 N–H and O–H groups in total. The number of esters is 1. The summed E-state index contributed by atoms with van der Waals surface area (Å²) in [5.74, 6) is -0.161. The van der Waals surface area contributed by atoms with Gasteiger partial charge in [0, 0.05) is 46.2 Å². The summed E-state index contributed by atoms with van der Waals surface area (Å²) in [5.41, 5.74) is 4.81. The van der Waals surface area contributed by atoms with E-state index in [2.05, 4.69) is 51.6 Å². The zero-order valence-corrected chi connectivity index (χ0v) is 18.9. The van der Waals surface area contributed by atoms with Crippen LogP contribution < -0.4 is 5.32 Å². The van der Waals surface area contributed by atoms with Gasteiger partial charge >= 0.3 is 5.97 Å². The van der Waals surface area contributed by atoms with Crippen molar-refractivity contribution in [2.24, 2.45) is 0 Å². The van der Waals surface area contributed by atoms with Gasteiger partial charge in [0.05, 0.1) is 13.2 Å². The van der Waals surface area contributed by atoms with Crippen LogP contribution in [-0.4, -0.2) is 41.1 Å². The standard InChI is InChI=1S/C26H28ClN3O2/c1-32-26(31)24-14-20-19-7-2-3-8-21(19)29-25(20)23-13-18(28-17-9-10-17)12-22(30(23)24)15-5-4-6-16(27)11-15/h2-8,11,17-18,22-24,28-29H,9-10,12-14H2,1H3/t18-,22+,23+,24+/m1/s1. The van der Waals surface area contributed by atoms with Crippen molar-refractivity contribution in [2.45, 2.75) is 62.3 Å². The Morgan fingerprint density at radius 3 is 2.69 bits per heavy atom. The molecule has 0 bridgehead atoms. The molecule has 32 heavy (non-hydrogen) atoms. The monoisotopic (exact) mass is 449 g/mol. The number of para-hydroxylation sites is 1. The lowest BCUT2D eigenvalue weighted by Crippen LogP contribution is -2.55. The SMILES string of the molecule is COC(=O)[C@@H]1Cc2c([nH]c3ccccc23)[C@@H]2C[C@H](NC3CC3)C[C@@H](c3cccc(Cl)c3)N12. The highest BCUT2D eigenvalue weighted by Gasteiger charge is 2.48. The summed E-state index contributed by atoms with van der Waals surface area (Å²) in [6, 6.07) is 17.5. The molecule has 1 saturated carbocycles. The van der Waals surface area contributed by atoms with Crippen molar-refractivity contribution in [1.82, 2.24) is 15.2 Å². The Labute approximate surface area is 193 Å². The van der Waals surface area contributed by atoms with Crippen LogP contribution in [0.1, 0.15) is 54.6 Å². The molecule has 0 unspecified atom stereocenters. The quantitative estimate of drug-likeness (QED) is 0.555. The Bertz CT molecular complexity index is 1170. The molecule has 2 aliphatic heterocycles. The summed E-state index contributed by atoms with van der Waals surface area (Å²) in [6.45, 7) is 0. The largest absolute Gasteiger partial charge is 0.468 e. The van der Waals surface area contributed by atoms with Gasteiger partial charge in [-0.3, -0.25) is 9.69 Å². The third-order valence-electron chi connectivity index (χ3n) is 7.43. The Kier molecular flexibility index (Phi) is 5.01. The van der Waals surface area contributed by atoms with E-state index in [9.17, 15) is 4.79 Å². The zero-order valence-electron chi connectivity index (χ0n) is 18.2. The second kappa shape index (κ2) is 7.91. The number of rotatable bonds is 4. The van der Waals surface area contributed by atoms with E-state index >= 15 is 0 Å². The van der Waals surface area contributed by atoms with Gasteiger partial charge in [-0.2, -0.15) is 0 Å². The van der Waals surface area contributed by atoms with Crippen LogP contribution >= 0.6 is 11.6 Å². The number of carbonyl (C=O) groups excluding carboxylic acids is 1. The van der Waals surface area contributed by atoms with Crippen LogP contribution in [0.2, 0.25) is 5.02 Å². The number of hydrogen-bond donors (Lipinski definition) is 2. The lowest BCUT2D eigenvalue weighted by atomic mass is 9.79. The Balaban J connectivity index is 1.49. The van der Waals surface area contributed by atoms with Gasteiger partial charge in [0.1, 0.15) is 6.04 Å². The molecular formula is C26H28ClN3O2. The first-order valence-corrected chi connectivity index (χ1v) is 12.0. The van der Waals surface area contributed by atoms with Crippen molar-refractivity contribution in [3.63, 3.8) is 0 Å². The molecule has 6 rings (SSSR count). The molecule has 3 aliphatic rings. The van der Waals surface area contributed by atoms with Gasteiger partial charge in [0.2, 0.25) is 0 Å². The molecule has 4 atom stereocenters. The Morgan fingerprint density at radius 2 is 1.91 bits per heavy atom. The number of carbonyl (C=O) groups is 1. The summed E-state index contributed by atoms with van der Waals surface area (Å²) >= 11 is 6.40. The number of hydrogen-bond acceptors (Lipinski definition) is 4. The summed E-state index contributed by atoms with van der Waals surface area (Å²) in [6.07, 6.45) is 5.10. The molecule has 1 aromatic heterocycles. The van der Waals surface area contributed by atoms with Gasteiger partial charge in [0.15, 0.2) is 0 Å². The first kappa shape index (κ1) is 20.3. The molecule has 2 fully saturated rings. The van der Waals surface area contributed by atoms with Crippen LogP contribution in [0, 0.1) is 0 Å². The number of H-pyrrole nitrogens is 1. The van der Waals surface area contributed by atoms with Crippen LogP contribution in [-0.2, 0) is 16.0 Å². The van der Waals surface area contributed by atoms with Crippen molar-refractivity contribution in [2.75, 3.05) is 7.11 Å². The number of nitrogens with one attached hydrogen (secondary N) is 2. The first-order chi connectivity index (χ1) is 15.6. The van der Waals surface area contributed by atoms with Gasteiger partial charge in [-0.15, -0.1) is 0 Å². The topological polar surface area (TPSA) is 57.4 Å². The minimum absolute atomic E-state index is 0.0902. The van der Waals surface area contributed by atoms with Crippen LogP contribution in [0.4, 0.5) is 0 Å². The predicted molar refractivity (Wildman–Crippen MR) is 126 cm³/mol. The van der Waals surface area contributed by atoms with Gasteiger partial charge < -0.3 is 15.0 Å². The van der Waals surface area contributed by atoms with E-state index in [0.29, 0.717) is 18.5 Å². The minimum Gasteiger partial charge on any atom is -0.468 e. The van der Waals surface area contributed by atoms with Crippen molar-refractivity contribution in [3.8, 4) is 0 Å². The highest BCUT2D eigenvalue weighted by molar-refractivity contribution is 6.30. The molecule has 5 nitrogen and oxygen atoms in total. The molecule has 0 radical (unpaired) electrons. The maximum atomic E-state index is 13.1. The van der Waals surface area contributed by atoms with E-state index in [4.69, 9.17) is 16.3 Å². The fourth-order valence-corrected chi connectivity index (χ4v) is 6.10. The van der Waals surface area contributed by atoms with Crippen molar-refractivity contribution in [1.29, 1.82) is 0 Å². The van der Waals surface area contributed by atoms with E-state index in [1.807, 2.05) is 12.1 Å². The number of piperidine rings is 1. The van der Waals surface area contributed by atoms with E-state index in [-0.39, 0.29) is 24.1 Å². The van der Waals surface area contributed by atoms with Crippen LogP contribution in [0.25, 0.3) is 10.9 Å². The van der Waals surface area contributed by atoms with Crippen LogP contribution in [0.3, 0.4) is 0 Å². The second-order valence-corrected chi connectivity index (χ2v) is 9.89. The van der Waals surface area contributed by atoms with Gasteiger partial charge in [-0.25, -0.2) is 0 Å². The van der Waals surface area contributed by atoms with Crippen molar-refractivity contribution < 1.29 is 9.53 Å². The molecule has 3 aromatic rings. The molecule has 0 spiro atoms. The highest BCUT2D eigenvalue weighted by atomic mass is 35.5. The Morgan fingerprint density at radius 1 is 1.09 bits per heavy atom. The van der Waals surface area contributed by atoms with E-state index in [1.54, 1.807) is 0 Å². The summed E-state index contributed by atoms with van der Waals surface area (Å²) in [4.78, 5) is 19.2. The number of aromatic amines is 1. The van der Waals surface area contributed by atoms with Gasteiger partial charge in [-0.05, 0) is 55.0 Å². The lowest BCUT2D eigenvalue weighted by molar-refractivity contribution is -0.152. The molecule has 3 heterocycles. The number of methoxy groups -OCH3 is 1. The Hall–Kier alpha value is -2.34. The lowest BCUT2D eigenvalue weighted by Gasteiger charge is -2.50. The minimum atomic E-state index is -0.317. The van der Waals surface area contributed by atoms with E-state index in [1.165, 1.54) is 42.2 Å². The molecule has 166 valence electrons. The molecular weight excluding hydrogens is 422 g/mol. The normalized spacial score (nSPS) is 27.7. The third kappa shape index (κ3) is 3.43. The fourth-order valence-electron chi connectivity index (χ4n) is 5.90. The van der Waals surface area contributed by atoms with Crippen molar-refractivity contribution in [3.05, 3.63) is 70.4 Å². The van der Waals surface area contributed by atoms with E-state index in [0.717, 1.165) is 23.4 Å². The predicted octanol–water partition coefficient (Wildman–Crippen LogP) is 4.92. The second-order valence-electron chi connectivity index (χ2n) is 9.45. The van der Waals surface area contributed by atoms with Crippen molar-refractivity contribution >= 4 is 28.5 Å². The summed E-state index contributed by atoms with van der Waals surface area (Å²) in [7, 11) is 1.50. The smallest absolute Gasteiger partial charge is 0.323 e. The number of ether oxygens (including phenoxy) is 1. The van der Waals surface area contributed by atoms with Gasteiger partial charge in [-0.1, -0.05) is 41.9 Å². The zero-order chi connectivity index (χ0) is 21.8. The molecule has 2 aromatic carbocycles. The number of aromatic nitrogens is 1. The number of benzene rings is 2. The van der Waals surface area contributed by atoms with E-state index < -0.39 is 0 Å². The molecule has 0 amide bonds. The van der Waals surface area contributed by atoms with Crippen LogP contribution in [0.15, 0.2) is 48.5 Å². The van der Waals surface area contributed by atoms with Gasteiger partial charge in [0.25, 0.3) is 0 Å². The maximum Gasteiger partial charge on any atom is 0.323 e. The van der Waals surface area contributed by atoms with Crippen LogP contribution in [0.5, 0.6) is 0 Å². The maximum absolute atomic E-state index is 13.1. The summed E-state index contributed by atoms with van der Waals surface area (Å²) in [5, 5.41) is 5.82. The first-order valence-electron chi connectivity index (χ1n) is 11.6. The fraction of sp³-hybridized carbons (Fsp3) is 0.423. The average Bonchev–Trinajstić information content (AvgIpc) is 3.54. The molecule has 1 saturated heterocycles. The number of halogens is 1. The molecule has 1 aliphatic carbocycles. The molecule has 6 heteroatoms. The number of fused-ring (bicyclic) bond motifs is 5. The summed E-state index contributed by atoms with van der Waals surface area (Å²) < 4.78 is 5.32. The average molecular weight is 450 g/mol. The highest BCUT2D eigenvalue weighted by Crippen LogP contribution is 2.49.